The van der Waals surface area contributed by atoms with E-state index >= 15 is 0 Å². The van der Waals surface area contributed by atoms with E-state index in [9.17, 15) is 0 Å². The van der Waals surface area contributed by atoms with Crippen molar-refractivity contribution in [1.29, 1.82) is 0 Å². The maximum absolute atomic E-state index is 6.45. The van der Waals surface area contributed by atoms with Crippen molar-refractivity contribution in [2.75, 3.05) is 7.11 Å². The Morgan fingerprint density at radius 2 is 0.853 bits per heavy atom. The minimum absolute atomic E-state index is 0.389. The van der Waals surface area contributed by atoms with E-state index in [2.05, 4.69) is 13.1 Å². The molecule has 6 bridgehead atoms. The van der Waals surface area contributed by atoms with Gasteiger partial charge in [0.05, 0.1) is 0 Å². The number of hydrogen-bond donors (Lipinski definition) is 0. The van der Waals surface area contributed by atoms with E-state index in [1.54, 1.807) is 52.9 Å². The second-order valence-corrected chi connectivity index (χ2v) is 35.9. The smallest absolute Gasteiger partial charge is 0.425 e. The monoisotopic (exact) mass is 658 g/mol. The molecular formula is C11H38O13Si10. The lowest BCUT2D eigenvalue weighted by Gasteiger charge is -2.56. The fourth-order valence-electron chi connectivity index (χ4n) is 4.15. The molecule has 34 heavy (non-hydrogen) atoms. The summed E-state index contributed by atoms with van der Waals surface area (Å²) in [4.78, 5) is 0. The molecule has 4 unspecified atom stereocenters. The standard InChI is InChI=1S/C8H28O12Si9.C3H10OSi/c1-22-10-24(3)14-26(5)12-23(2,9-21)13-27(6)15-25(4,11-22)17-28(7,16-24)20-29(8,18-26)19-27;1-4-5(2)3/h22H,1-8,21H3;5H,1-3H3. The molecule has 23 heteroatoms. The molecule has 0 N–H and O–H groups in total. The topological polar surface area (TPSA) is 120 Å². The third-order valence-corrected chi connectivity index (χ3v) is 41.6. The summed E-state index contributed by atoms with van der Waals surface area (Å²) >= 11 is 0. The van der Waals surface area contributed by atoms with Crippen LogP contribution in [-0.2, 0) is 53.8 Å². The Hall–Kier alpha value is 1.65. The summed E-state index contributed by atoms with van der Waals surface area (Å²) in [6.07, 6.45) is 0. The fraction of sp³-hybridized carbons (Fsp3) is 1.00. The average Bonchev–Trinajstić information content (AvgIpc) is 2.54. The molecule has 4 aliphatic heterocycles. The lowest BCUT2D eigenvalue weighted by atomic mass is 11.8. The first-order valence-electron chi connectivity index (χ1n) is 11.0. The van der Waals surface area contributed by atoms with E-state index in [4.69, 9.17) is 53.8 Å². The van der Waals surface area contributed by atoms with Crippen molar-refractivity contribution in [2.24, 2.45) is 0 Å². The summed E-state index contributed by atoms with van der Waals surface area (Å²) in [6.45, 7) is 18.5. The average molecular weight is 659 g/mol. The predicted molar refractivity (Wildman–Crippen MR) is 143 cm³/mol. The van der Waals surface area contributed by atoms with Gasteiger partial charge in [-0.05, 0) is 19.6 Å². The van der Waals surface area contributed by atoms with Gasteiger partial charge in [-0.2, -0.15) is 0 Å². The summed E-state index contributed by atoms with van der Waals surface area (Å²) in [6, 6.07) is 0. The van der Waals surface area contributed by atoms with Crippen LogP contribution < -0.4 is 0 Å². The van der Waals surface area contributed by atoms with Crippen LogP contribution in [0, 0.1) is 0 Å². The van der Waals surface area contributed by atoms with E-state index < -0.39 is 80.0 Å². The Morgan fingerprint density at radius 3 is 1.12 bits per heavy atom. The van der Waals surface area contributed by atoms with E-state index in [0.717, 1.165) is 0 Å². The van der Waals surface area contributed by atoms with Gasteiger partial charge in [0.1, 0.15) is 10.5 Å². The molecule has 0 aromatic carbocycles. The summed E-state index contributed by atoms with van der Waals surface area (Å²) in [7, 11) is -24.3. The maximum Gasteiger partial charge on any atom is 0.475 e. The SMILES string of the molecule is CO[SiH](C)C.C[SiH]1O[Si]2(C)O[Si]3(C)O[Si](C)(O[SiH3])O[Si]4(C)O[Si](C)(O1)O[Si](C)(O2)O[Si](C)(O3)O4. The minimum atomic E-state index is -3.43. The van der Waals surface area contributed by atoms with E-state index in [0.29, 0.717) is 10.5 Å². The first-order valence-corrected chi connectivity index (χ1v) is 32.3. The van der Waals surface area contributed by atoms with Gasteiger partial charge < -0.3 is 53.8 Å². The van der Waals surface area contributed by atoms with Crippen LogP contribution in [0.5, 0.6) is 0 Å². The highest BCUT2D eigenvalue weighted by molar-refractivity contribution is 6.99. The molecule has 200 valence electrons. The molecule has 0 spiro atoms. The number of rotatable bonds is 2. The van der Waals surface area contributed by atoms with E-state index in [-0.39, 0.29) is 0 Å². The molecule has 0 aromatic heterocycles. The van der Waals surface area contributed by atoms with Crippen LogP contribution in [0.1, 0.15) is 0 Å². The van der Waals surface area contributed by atoms with Crippen LogP contribution in [0.2, 0.25) is 65.5 Å². The van der Waals surface area contributed by atoms with Crippen LogP contribution >= 0.6 is 0 Å². The molecule has 0 saturated carbocycles. The van der Waals surface area contributed by atoms with Gasteiger partial charge in [-0.3, -0.25) is 0 Å². The van der Waals surface area contributed by atoms with Gasteiger partial charge in [0, 0.05) is 52.9 Å². The van der Waals surface area contributed by atoms with Crippen molar-refractivity contribution in [1.82, 2.24) is 0 Å². The molecule has 4 heterocycles. The zero-order valence-corrected chi connectivity index (χ0v) is 33.3. The molecular weight excluding hydrogens is 621 g/mol. The van der Waals surface area contributed by atoms with Gasteiger partial charge in [-0.1, -0.05) is 0 Å². The number of hydrogen-bond acceptors (Lipinski definition) is 13. The Bertz CT molecular complexity index is 719. The van der Waals surface area contributed by atoms with Gasteiger partial charge in [-0.15, -0.1) is 0 Å². The summed E-state index contributed by atoms with van der Waals surface area (Å²) in [5.74, 6) is 0. The van der Waals surface area contributed by atoms with Crippen molar-refractivity contribution in [2.45, 2.75) is 65.5 Å². The Morgan fingerprint density at radius 1 is 0.588 bits per heavy atom. The van der Waals surface area contributed by atoms with E-state index in [1.807, 2.05) is 6.55 Å². The molecule has 0 aromatic rings. The second-order valence-electron chi connectivity index (χ2n) is 9.25. The highest BCUT2D eigenvalue weighted by Gasteiger charge is 2.73. The van der Waals surface area contributed by atoms with Crippen molar-refractivity contribution >= 4 is 90.4 Å². The molecule has 4 aliphatic rings. The van der Waals surface area contributed by atoms with Crippen LogP contribution in [0.4, 0.5) is 0 Å². The lowest BCUT2D eigenvalue weighted by Crippen LogP contribution is -2.81. The van der Waals surface area contributed by atoms with Gasteiger partial charge in [0.2, 0.25) is 0 Å². The molecule has 4 fully saturated rings. The van der Waals surface area contributed by atoms with Crippen LogP contribution in [-0.4, -0.2) is 97.6 Å². The van der Waals surface area contributed by atoms with Crippen molar-refractivity contribution in [3.8, 4) is 0 Å². The van der Waals surface area contributed by atoms with Crippen LogP contribution in [0.25, 0.3) is 0 Å². The molecule has 4 saturated heterocycles. The lowest BCUT2D eigenvalue weighted by molar-refractivity contribution is 0.0154. The highest BCUT2D eigenvalue weighted by atomic mass is 28.6. The zero-order chi connectivity index (χ0) is 25.8. The molecule has 13 nitrogen and oxygen atoms in total. The van der Waals surface area contributed by atoms with Gasteiger partial charge in [0.25, 0.3) is 0 Å². The van der Waals surface area contributed by atoms with Crippen molar-refractivity contribution in [3.05, 3.63) is 0 Å². The van der Waals surface area contributed by atoms with Gasteiger partial charge in [0.15, 0.2) is 9.04 Å². The van der Waals surface area contributed by atoms with E-state index in [1.165, 1.54) is 0 Å². The first kappa shape index (κ1) is 30.2. The van der Waals surface area contributed by atoms with Crippen molar-refractivity contribution in [3.63, 3.8) is 0 Å². The summed E-state index contributed by atoms with van der Waals surface area (Å²) < 4.78 is 81.1. The molecule has 0 radical (unpaired) electrons. The van der Waals surface area contributed by atoms with Gasteiger partial charge in [-0.25, -0.2) is 0 Å². The van der Waals surface area contributed by atoms with Crippen LogP contribution in [0.3, 0.4) is 0 Å². The highest BCUT2D eigenvalue weighted by Crippen LogP contribution is 2.43. The van der Waals surface area contributed by atoms with Gasteiger partial charge >= 0.3 is 70.9 Å². The molecule has 4 atom stereocenters. The van der Waals surface area contributed by atoms with Crippen molar-refractivity contribution < 1.29 is 53.8 Å². The predicted octanol–water partition coefficient (Wildman–Crippen LogP) is -0.0322. The Kier molecular flexibility index (Phi) is 8.88. The Labute approximate surface area is 216 Å². The third kappa shape index (κ3) is 7.19. The van der Waals surface area contributed by atoms with Crippen LogP contribution in [0.15, 0.2) is 0 Å². The molecule has 4 rings (SSSR count). The third-order valence-electron chi connectivity index (χ3n) is 4.94. The summed E-state index contributed by atoms with van der Waals surface area (Å²) in [5.41, 5.74) is 0. The molecule has 0 aliphatic carbocycles. The largest absolute Gasteiger partial charge is 0.475 e. The first-order chi connectivity index (χ1) is 15.3. The maximum atomic E-state index is 6.45. The second kappa shape index (κ2) is 10.00. The number of fused-ring (bicyclic) bond motifs is 4. The molecule has 0 amide bonds. The zero-order valence-electron chi connectivity index (χ0n) is 22.0. The quantitative estimate of drug-likeness (QED) is 0.370. The minimum Gasteiger partial charge on any atom is -0.425 e. The summed E-state index contributed by atoms with van der Waals surface area (Å²) in [5, 5.41) is 0. The normalized spacial score (nSPS) is 53.1. The Balaban J connectivity index is 0.000000588. The fourth-order valence-corrected chi connectivity index (χ4v) is 46.6.